The van der Waals surface area contributed by atoms with Crippen LogP contribution in [0.25, 0.3) is 0 Å². The lowest BCUT2D eigenvalue weighted by Crippen LogP contribution is -2.30. The molecule has 0 amide bonds. The fraction of sp³-hybridized carbons (Fsp3) is 0.600. The third kappa shape index (κ3) is 5.17. The quantitative estimate of drug-likeness (QED) is 0.748. The van der Waals surface area contributed by atoms with Gasteiger partial charge in [0.05, 0.1) is 10.0 Å². The first-order valence-corrected chi connectivity index (χ1v) is 7.46. The Balaban J connectivity index is 2.67. The predicted octanol–water partition coefficient (Wildman–Crippen LogP) is 4.95. The number of benzene rings is 1. The summed E-state index contributed by atoms with van der Waals surface area (Å²) in [5.74, 6) is 0.619. The summed E-state index contributed by atoms with van der Waals surface area (Å²) in [6.07, 6.45) is 3.40. The molecule has 18 heavy (non-hydrogen) atoms. The zero-order valence-corrected chi connectivity index (χ0v) is 13.0. The fourth-order valence-corrected chi connectivity index (χ4v) is 2.50. The Morgan fingerprint density at radius 2 is 1.94 bits per heavy atom. The van der Waals surface area contributed by atoms with Crippen molar-refractivity contribution in [3.8, 4) is 0 Å². The number of rotatable bonds is 7. The second-order valence-electron chi connectivity index (χ2n) is 5.13. The summed E-state index contributed by atoms with van der Waals surface area (Å²) in [7, 11) is 0. The zero-order valence-electron chi connectivity index (χ0n) is 11.5. The Hall–Kier alpha value is -0.240. The Kier molecular flexibility index (Phi) is 7.06. The summed E-state index contributed by atoms with van der Waals surface area (Å²) in [6.45, 7) is 7.61. The van der Waals surface area contributed by atoms with Crippen molar-refractivity contribution in [2.24, 2.45) is 5.92 Å². The Bertz CT molecular complexity index is 364. The third-order valence-electron chi connectivity index (χ3n) is 3.05. The van der Waals surface area contributed by atoms with E-state index in [1.807, 2.05) is 12.1 Å². The van der Waals surface area contributed by atoms with Crippen LogP contribution in [0, 0.1) is 5.92 Å². The van der Waals surface area contributed by atoms with E-state index in [4.69, 9.17) is 23.2 Å². The average molecular weight is 288 g/mol. The third-order valence-corrected chi connectivity index (χ3v) is 3.91. The highest BCUT2D eigenvalue weighted by atomic mass is 35.5. The summed E-state index contributed by atoms with van der Waals surface area (Å²) in [5, 5.41) is 4.88. The van der Waals surface area contributed by atoms with E-state index in [9.17, 15) is 0 Å². The van der Waals surface area contributed by atoms with Gasteiger partial charge in [0.25, 0.3) is 0 Å². The lowest BCUT2D eigenvalue weighted by molar-refractivity contribution is 0.418. The summed E-state index contributed by atoms with van der Waals surface area (Å²) in [4.78, 5) is 0. The van der Waals surface area contributed by atoms with E-state index in [1.54, 1.807) is 0 Å². The van der Waals surface area contributed by atoms with Gasteiger partial charge < -0.3 is 5.32 Å². The van der Waals surface area contributed by atoms with Crippen molar-refractivity contribution in [3.05, 3.63) is 33.8 Å². The van der Waals surface area contributed by atoms with Crippen molar-refractivity contribution in [1.82, 2.24) is 5.32 Å². The van der Waals surface area contributed by atoms with Crippen LogP contribution in [0.5, 0.6) is 0 Å². The molecule has 0 aliphatic rings. The molecule has 0 aromatic heterocycles. The van der Waals surface area contributed by atoms with Crippen LogP contribution in [0.4, 0.5) is 0 Å². The van der Waals surface area contributed by atoms with E-state index in [2.05, 4.69) is 32.2 Å². The van der Waals surface area contributed by atoms with Gasteiger partial charge in [0.15, 0.2) is 0 Å². The van der Waals surface area contributed by atoms with Crippen LogP contribution in [0.2, 0.25) is 10.0 Å². The molecule has 1 atom stereocenters. The highest BCUT2D eigenvalue weighted by Crippen LogP contribution is 2.28. The van der Waals surface area contributed by atoms with E-state index in [1.165, 1.54) is 12.8 Å². The molecule has 0 radical (unpaired) electrons. The predicted molar refractivity (Wildman–Crippen MR) is 81.7 cm³/mol. The van der Waals surface area contributed by atoms with Crippen molar-refractivity contribution in [2.45, 2.75) is 46.1 Å². The summed E-state index contributed by atoms with van der Waals surface area (Å²) in [6, 6.07) is 6.42. The van der Waals surface area contributed by atoms with Gasteiger partial charge in [-0.1, -0.05) is 62.5 Å². The average Bonchev–Trinajstić information content (AvgIpc) is 2.32. The Morgan fingerprint density at radius 3 is 2.56 bits per heavy atom. The minimum Gasteiger partial charge on any atom is -0.314 e. The molecule has 102 valence electrons. The maximum Gasteiger partial charge on any atom is 0.0624 e. The van der Waals surface area contributed by atoms with Crippen LogP contribution >= 0.6 is 23.2 Å². The molecule has 0 saturated carbocycles. The maximum absolute atomic E-state index is 6.25. The molecule has 0 aliphatic carbocycles. The molecule has 0 spiro atoms. The smallest absolute Gasteiger partial charge is 0.0624 e. The lowest BCUT2D eigenvalue weighted by atomic mass is 9.94. The van der Waals surface area contributed by atoms with Gasteiger partial charge in [-0.3, -0.25) is 0 Å². The SMILES string of the molecule is CCCC(CNC(C)C)Cc1cccc(Cl)c1Cl. The normalized spacial score (nSPS) is 13.0. The molecule has 0 heterocycles. The fourth-order valence-electron chi connectivity index (χ4n) is 2.10. The molecule has 1 aromatic rings. The molecule has 0 saturated heterocycles. The van der Waals surface area contributed by atoms with E-state index in [0.717, 1.165) is 18.5 Å². The lowest BCUT2D eigenvalue weighted by Gasteiger charge is -2.19. The maximum atomic E-state index is 6.25. The van der Waals surface area contributed by atoms with Gasteiger partial charge in [0.1, 0.15) is 0 Å². The number of hydrogen-bond donors (Lipinski definition) is 1. The van der Waals surface area contributed by atoms with Crippen LogP contribution < -0.4 is 5.32 Å². The van der Waals surface area contributed by atoms with Gasteiger partial charge in [-0.05, 0) is 36.9 Å². The molecule has 1 aromatic carbocycles. The van der Waals surface area contributed by atoms with Gasteiger partial charge in [-0.2, -0.15) is 0 Å². The Morgan fingerprint density at radius 1 is 1.22 bits per heavy atom. The van der Waals surface area contributed by atoms with Gasteiger partial charge in [-0.15, -0.1) is 0 Å². The van der Waals surface area contributed by atoms with Gasteiger partial charge in [-0.25, -0.2) is 0 Å². The summed E-state index contributed by atoms with van der Waals surface area (Å²) in [5.41, 5.74) is 1.16. The first-order chi connectivity index (χ1) is 8.54. The van der Waals surface area contributed by atoms with E-state index < -0.39 is 0 Å². The highest BCUT2D eigenvalue weighted by Gasteiger charge is 2.12. The molecule has 0 aliphatic heterocycles. The van der Waals surface area contributed by atoms with Crippen LogP contribution in [0.1, 0.15) is 39.2 Å². The van der Waals surface area contributed by atoms with Gasteiger partial charge >= 0.3 is 0 Å². The van der Waals surface area contributed by atoms with Crippen LogP contribution in [0.15, 0.2) is 18.2 Å². The number of halogens is 2. The monoisotopic (exact) mass is 287 g/mol. The molecule has 1 rings (SSSR count). The molecule has 1 N–H and O–H groups in total. The van der Waals surface area contributed by atoms with Crippen molar-refractivity contribution < 1.29 is 0 Å². The van der Waals surface area contributed by atoms with Crippen LogP contribution in [0.3, 0.4) is 0 Å². The second kappa shape index (κ2) is 8.04. The van der Waals surface area contributed by atoms with Gasteiger partial charge in [0.2, 0.25) is 0 Å². The number of hydrogen-bond acceptors (Lipinski definition) is 1. The van der Waals surface area contributed by atoms with Gasteiger partial charge in [0, 0.05) is 6.04 Å². The second-order valence-corrected chi connectivity index (χ2v) is 5.92. The van der Waals surface area contributed by atoms with Crippen molar-refractivity contribution >= 4 is 23.2 Å². The largest absolute Gasteiger partial charge is 0.314 e. The van der Waals surface area contributed by atoms with E-state index in [-0.39, 0.29) is 0 Å². The van der Waals surface area contributed by atoms with Crippen molar-refractivity contribution in [2.75, 3.05) is 6.54 Å². The minimum atomic E-state index is 0.527. The molecule has 3 heteroatoms. The molecule has 1 nitrogen and oxygen atoms in total. The van der Waals surface area contributed by atoms with E-state index >= 15 is 0 Å². The standard InChI is InChI=1S/C15H23Cl2N/c1-4-6-12(10-18-11(2)3)9-13-7-5-8-14(16)15(13)17/h5,7-8,11-12,18H,4,6,9-10H2,1-3H3. The first-order valence-electron chi connectivity index (χ1n) is 6.70. The molecule has 1 unspecified atom stereocenters. The van der Waals surface area contributed by atoms with E-state index in [0.29, 0.717) is 22.0 Å². The van der Waals surface area contributed by atoms with Crippen LogP contribution in [-0.2, 0) is 6.42 Å². The van der Waals surface area contributed by atoms with Crippen LogP contribution in [-0.4, -0.2) is 12.6 Å². The molecule has 0 fully saturated rings. The molecular weight excluding hydrogens is 265 g/mol. The zero-order chi connectivity index (χ0) is 13.5. The van der Waals surface area contributed by atoms with Crippen molar-refractivity contribution in [1.29, 1.82) is 0 Å². The topological polar surface area (TPSA) is 12.0 Å². The summed E-state index contributed by atoms with van der Waals surface area (Å²) < 4.78 is 0. The number of nitrogens with one attached hydrogen (secondary N) is 1. The highest BCUT2D eigenvalue weighted by molar-refractivity contribution is 6.42. The minimum absolute atomic E-state index is 0.527. The molecule has 0 bridgehead atoms. The molecular formula is C15H23Cl2N. The van der Waals surface area contributed by atoms with Crippen molar-refractivity contribution in [3.63, 3.8) is 0 Å². The first kappa shape index (κ1) is 15.8. The summed E-state index contributed by atoms with van der Waals surface area (Å²) >= 11 is 12.3. The Labute approximate surface area is 121 Å².